The monoisotopic (exact) mass is 393 g/mol. The molecule has 4 atom stereocenters. The fourth-order valence-corrected chi connectivity index (χ4v) is 2.95. The van der Waals surface area contributed by atoms with Crippen LogP contribution >= 0.6 is 0 Å². The number of rotatable bonds is 6. The maximum Gasteiger partial charge on any atom is 0.508 e. The molecule has 0 unspecified atom stereocenters. The molecule has 150 valence electrons. The van der Waals surface area contributed by atoms with E-state index in [4.69, 9.17) is 24.7 Å². The van der Waals surface area contributed by atoms with E-state index in [0.717, 1.165) is 0 Å². The van der Waals surface area contributed by atoms with Crippen LogP contribution in [0.1, 0.15) is 5.69 Å². The van der Waals surface area contributed by atoms with Crippen molar-refractivity contribution in [1.82, 2.24) is 14.6 Å². The minimum atomic E-state index is -1.96. The van der Waals surface area contributed by atoms with Gasteiger partial charge in [0.05, 0.1) is 12.3 Å². The van der Waals surface area contributed by atoms with Gasteiger partial charge in [0.2, 0.25) is 5.60 Å². The summed E-state index contributed by atoms with van der Waals surface area (Å²) in [7, 11) is 1.45. The largest absolute Gasteiger partial charge is 0.508 e. The van der Waals surface area contributed by atoms with Crippen LogP contribution in [0.3, 0.4) is 0 Å². The Balaban J connectivity index is 1.80. The zero-order valence-corrected chi connectivity index (χ0v) is 14.9. The first kappa shape index (κ1) is 19.8. The van der Waals surface area contributed by atoms with Crippen molar-refractivity contribution >= 4 is 17.5 Å². The minimum absolute atomic E-state index is 0.00849. The van der Waals surface area contributed by atoms with E-state index in [1.54, 1.807) is 6.07 Å². The Morgan fingerprint density at radius 1 is 1.43 bits per heavy atom. The molecule has 0 radical (unpaired) electrons. The van der Waals surface area contributed by atoms with Crippen molar-refractivity contribution in [2.75, 3.05) is 32.7 Å². The van der Waals surface area contributed by atoms with E-state index in [9.17, 15) is 20.3 Å². The highest BCUT2D eigenvalue weighted by atomic mass is 16.7. The Morgan fingerprint density at radius 3 is 2.93 bits per heavy atom. The van der Waals surface area contributed by atoms with Crippen molar-refractivity contribution in [3.05, 3.63) is 24.2 Å². The topological polar surface area (TPSA) is 174 Å². The number of aliphatic hydroxyl groups is 2. The highest BCUT2D eigenvalue weighted by molar-refractivity contribution is 5.66. The van der Waals surface area contributed by atoms with Gasteiger partial charge in [0.1, 0.15) is 49.4 Å². The van der Waals surface area contributed by atoms with Crippen LogP contribution in [-0.4, -0.2) is 76.2 Å². The molecule has 12 nitrogen and oxygen atoms in total. The van der Waals surface area contributed by atoms with Gasteiger partial charge in [-0.25, -0.2) is 14.3 Å². The Hall–Kier alpha value is -2.98. The highest BCUT2D eigenvalue weighted by Gasteiger charge is 2.57. The van der Waals surface area contributed by atoms with Crippen LogP contribution in [0.5, 0.6) is 0 Å². The second-order valence-electron chi connectivity index (χ2n) is 6.00. The molecule has 2 aromatic heterocycles. The maximum atomic E-state index is 11.5. The van der Waals surface area contributed by atoms with Gasteiger partial charge >= 0.3 is 6.16 Å². The van der Waals surface area contributed by atoms with E-state index < -0.39 is 36.7 Å². The summed E-state index contributed by atoms with van der Waals surface area (Å²) in [5, 5.41) is 34.7. The number of hydrogen-bond donors (Lipinski definition) is 3. The second-order valence-corrected chi connectivity index (χ2v) is 6.00. The summed E-state index contributed by atoms with van der Waals surface area (Å²) in [4.78, 5) is 15.4. The van der Waals surface area contributed by atoms with Gasteiger partial charge in [0, 0.05) is 7.11 Å². The molecule has 1 aliphatic rings. The third kappa shape index (κ3) is 3.32. The molecule has 12 heteroatoms. The van der Waals surface area contributed by atoms with Crippen LogP contribution in [0, 0.1) is 11.3 Å². The normalized spacial score (nSPS) is 26.9. The second kappa shape index (κ2) is 7.95. The predicted octanol–water partition coefficient (Wildman–Crippen LogP) is -1.05. The lowest BCUT2D eigenvalue weighted by molar-refractivity contribution is -0.0727. The molecule has 1 saturated heterocycles. The average molecular weight is 393 g/mol. The Morgan fingerprint density at radius 2 is 2.21 bits per heavy atom. The molecule has 0 aliphatic carbocycles. The molecule has 3 rings (SSSR count). The summed E-state index contributed by atoms with van der Waals surface area (Å²) < 4.78 is 21.3. The van der Waals surface area contributed by atoms with Gasteiger partial charge in [0.15, 0.2) is 5.82 Å². The number of ether oxygens (including phenoxy) is 4. The number of hydrogen-bond acceptors (Lipinski definition) is 11. The fourth-order valence-electron chi connectivity index (χ4n) is 2.95. The fraction of sp³-hybridized carbons (Fsp3) is 0.500. The first-order valence-electron chi connectivity index (χ1n) is 8.27. The van der Waals surface area contributed by atoms with Crippen molar-refractivity contribution in [1.29, 1.82) is 5.26 Å². The zero-order valence-electron chi connectivity index (χ0n) is 14.9. The van der Waals surface area contributed by atoms with Crippen molar-refractivity contribution in [2.24, 2.45) is 0 Å². The quantitative estimate of drug-likeness (QED) is 0.403. The first-order valence-corrected chi connectivity index (χ1v) is 8.27. The molecule has 1 aliphatic heterocycles. The number of nitrogen functional groups attached to an aromatic ring is 1. The van der Waals surface area contributed by atoms with Crippen LogP contribution in [0.2, 0.25) is 0 Å². The van der Waals surface area contributed by atoms with Crippen molar-refractivity contribution in [2.45, 2.75) is 23.9 Å². The van der Waals surface area contributed by atoms with E-state index >= 15 is 0 Å². The number of nitrogens with two attached hydrogens (primary N) is 1. The van der Waals surface area contributed by atoms with E-state index in [1.165, 1.54) is 24.0 Å². The van der Waals surface area contributed by atoms with Gasteiger partial charge < -0.3 is 34.9 Å². The number of nitrogens with zero attached hydrogens (tertiary/aromatic N) is 4. The lowest BCUT2D eigenvalue weighted by Gasteiger charge is -2.24. The Bertz CT molecular complexity index is 897. The standard InChI is InChI=1S/C16H19N5O7/c1-25-4-5-26-15(24)27-6-10-12(22)13(23)16(7-17,28-10)11-3-2-9-14(18)19-8-20-21(9)11/h2-3,8,10,12-13,22-23H,4-6H2,1H3,(H2,18,19,20)/t10-,12-,13-,16+/m1/s1. The van der Waals surface area contributed by atoms with Crippen LogP contribution in [0.15, 0.2) is 18.5 Å². The van der Waals surface area contributed by atoms with Crippen molar-refractivity contribution in [3.63, 3.8) is 0 Å². The SMILES string of the molecule is COCCOC(=O)OC[C@H]1O[C@@](C#N)(c2ccc3c(N)ncnn23)[C@H](O)[C@@H]1O. The van der Waals surface area contributed by atoms with E-state index in [2.05, 4.69) is 10.1 Å². The number of methoxy groups -OCH3 is 1. The predicted molar refractivity (Wildman–Crippen MR) is 90.8 cm³/mol. The number of nitriles is 1. The number of anilines is 1. The summed E-state index contributed by atoms with van der Waals surface area (Å²) in [6.07, 6.45) is -4.12. The lowest BCUT2D eigenvalue weighted by atomic mass is 9.92. The van der Waals surface area contributed by atoms with Crippen LogP contribution in [0.25, 0.3) is 5.52 Å². The minimum Gasteiger partial charge on any atom is -0.432 e. The summed E-state index contributed by atoms with van der Waals surface area (Å²) in [6, 6.07) is 4.94. The third-order valence-corrected chi connectivity index (χ3v) is 4.36. The van der Waals surface area contributed by atoms with Gasteiger partial charge in [-0.2, -0.15) is 10.4 Å². The number of aliphatic hydroxyl groups excluding tert-OH is 2. The van der Waals surface area contributed by atoms with Gasteiger partial charge in [0.25, 0.3) is 0 Å². The van der Waals surface area contributed by atoms with Crippen LogP contribution in [0.4, 0.5) is 10.6 Å². The average Bonchev–Trinajstić information content (AvgIpc) is 3.23. The number of carbonyl (C=O) groups is 1. The molecule has 1 fully saturated rings. The zero-order chi connectivity index (χ0) is 20.3. The summed E-state index contributed by atoms with van der Waals surface area (Å²) >= 11 is 0. The van der Waals surface area contributed by atoms with E-state index in [1.807, 2.05) is 6.07 Å². The number of fused-ring (bicyclic) bond motifs is 1. The molecule has 3 heterocycles. The molecule has 2 aromatic rings. The van der Waals surface area contributed by atoms with Crippen molar-refractivity contribution in [3.8, 4) is 6.07 Å². The molecule has 4 N–H and O–H groups in total. The van der Waals surface area contributed by atoms with Crippen molar-refractivity contribution < 1.29 is 34.0 Å². The van der Waals surface area contributed by atoms with E-state index in [0.29, 0.717) is 5.52 Å². The molecule has 0 amide bonds. The summed E-state index contributed by atoms with van der Waals surface area (Å²) in [5.41, 5.74) is 4.38. The molecule has 0 aromatic carbocycles. The van der Waals surface area contributed by atoms with Gasteiger partial charge in [-0.3, -0.25) is 0 Å². The van der Waals surface area contributed by atoms with Gasteiger partial charge in [-0.15, -0.1) is 0 Å². The lowest BCUT2D eigenvalue weighted by Crippen LogP contribution is -2.41. The highest BCUT2D eigenvalue weighted by Crippen LogP contribution is 2.40. The first-order chi connectivity index (χ1) is 13.4. The molecule has 28 heavy (non-hydrogen) atoms. The Kier molecular flexibility index (Phi) is 5.61. The van der Waals surface area contributed by atoms with Gasteiger partial charge in [-0.1, -0.05) is 0 Å². The molecule has 0 bridgehead atoms. The van der Waals surface area contributed by atoms with Crippen LogP contribution in [-0.2, 0) is 24.5 Å². The Labute approximate surface area is 159 Å². The molecular weight excluding hydrogens is 374 g/mol. The van der Waals surface area contributed by atoms with Gasteiger partial charge in [-0.05, 0) is 12.1 Å². The summed E-state index contributed by atoms with van der Waals surface area (Å²) in [6.45, 7) is -0.250. The molecular formula is C16H19N5O7. The summed E-state index contributed by atoms with van der Waals surface area (Å²) in [5.74, 6) is 0.168. The number of aromatic nitrogens is 3. The molecule has 0 saturated carbocycles. The number of carbonyl (C=O) groups excluding carboxylic acids is 1. The van der Waals surface area contributed by atoms with Crippen LogP contribution < -0.4 is 5.73 Å². The molecule has 0 spiro atoms. The smallest absolute Gasteiger partial charge is 0.432 e. The third-order valence-electron chi connectivity index (χ3n) is 4.36. The van der Waals surface area contributed by atoms with E-state index in [-0.39, 0.29) is 24.7 Å². The maximum absolute atomic E-state index is 11.5.